The highest BCUT2D eigenvalue weighted by Gasteiger charge is 1.92. The molecule has 0 aliphatic carbocycles. The highest BCUT2D eigenvalue weighted by molar-refractivity contribution is 4.70. The van der Waals surface area contributed by atoms with Crippen molar-refractivity contribution in [3.05, 3.63) is 6.17 Å². The smallest absolute Gasteiger partial charge is 0.0955 e. The Kier molecular flexibility index (Phi) is 5.01. The maximum atomic E-state index is 5.23. The van der Waals surface area contributed by atoms with Crippen LogP contribution in [0, 0.1) is 6.17 Å². The fraction of sp³-hybridized carbons (Fsp3) is 0.833. The van der Waals surface area contributed by atoms with Crippen LogP contribution in [-0.4, -0.2) is 0 Å². The number of rotatable bonds is 4. The maximum absolute atomic E-state index is 5.23. The Labute approximate surface area is 51.2 Å². The summed E-state index contributed by atoms with van der Waals surface area (Å²) in [5.41, 5.74) is 10.5. The molecule has 0 heterocycles. The molecule has 1 radical (unpaired) electrons. The molecule has 2 heteroatoms. The molecule has 0 fully saturated rings. The summed E-state index contributed by atoms with van der Waals surface area (Å²) in [6.07, 6.45) is 5.05. The van der Waals surface area contributed by atoms with E-state index in [4.69, 9.17) is 11.5 Å². The van der Waals surface area contributed by atoms with Gasteiger partial charge in [-0.2, -0.15) is 0 Å². The summed E-state index contributed by atoms with van der Waals surface area (Å²) in [4.78, 5) is 0. The molecule has 0 aromatic carbocycles. The first-order valence-electron chi connectivity index (χ1n) is 3.14. The molecule has 0 saturated carbocycles. The van der Waals surface area contributed by atoms with E-state index >= 15 is 0 Å². The van der Waals surface area contributed by atoms with Crippen molar-refractivity contribution in [1.29, 1.82) is 0 Å². The van der Waals surface area contributed by atoms with Crippen LogP contribution in [0.2, 0.25) is 0 Å². The molecule has 0 rings (SSSR count). The monoisotopic (exact) mass is 115 g/mol. The molecule has 0 spiro atoms. The van der Waals surface area contributed by atoms with E-state index in [9.17, 15) is 0 Å². The first kappa shape index (κ1) is 7.92. The first-order valence-corrected chi connectivity index (χ1v) is 3.14. The normalized spacial score (nSPS) is 10.5. The molecule has 0 aliphatic rings. The predicted octanol–water partition coefficient (Wildman–Crippen LogP) is 0.974. The Morgan fingerprint density at radius 3 is 2.25 bits per heavy atom. The van der Waals surface area contributed by atoms with Crippen LogP contribution >= 0.6 is 0 Å². The topological polar surface area (TPSA) is 52.0 Å². The van der Waals surface area contributed by atoms with Crippen molar-refractivity contribution in [3.8, 4) is 0 Å². The highest BCUT2D eigenvalue weighted by Crippen LogP contribution is 2.00. The van der Waals surface area contributed by atoms with E-state index < -0.39 is 0 Å². The van der Waals surface area contributed by atoms with Gasteiger partial charge in [-0.1, -0.05) is 26.2 Å². The molecule has 49 valence electrons. The number of unbranched alkanes of at least 4 members (excludes halogenated alkanes) is 2. The third-order valence-electron chi connectivity index (χ3n) is 1.07. The van der Waals surface area contributed by atoms with Gasteiger partial charge in [0.05, 0.1) is 6.17 Å². The fourth-order valence-electron chi connectivity index (χ4n) is 0.579. The van der Waals surface area contributed by atoms with E-state index in [2.05, 4.69) is 6.92 Å². The SMILES string of the molecule is CCCCC[C](N)N. The second-order valence-electron chi connectivity index (χ2n) is 2.03. The van der Waals surface area contributed by atoms with Gasteiger partial charge in [-0.25, -0.2) is 0 Å². The lowest BCUT2D eigenvalue weighted by Gasteiger charge is -2.00. The van der Waals surface area contributed by atoms with Crippen LogP contribution in [0.5, 0.6) is 0 Å². The van der Waals surface area contributed by atoms with E-state index in [0.717, 1.165) is 12.8 Å². The van der Waals surface area contributed by atoms with Crippen LogP contribution in [0.25, 0.3) is 0 Å². The van der Waals surface area contributed by atoms with Gasteiger partial charge in [0, 0.05) is 0 Å². The highest BCUT2D eigenvalue weighted by atomic mass is 14.8. The zero-order valence-corrected chi connectivity index (χ0v) is 5.48. The minimum absolute atomic E-state index is 0.568. The van der Waals surface area contributed by atoms with Crippen LogP contribution in [0.4, 0.5) is 0 Å². The van der Waals surface area contributed by atoms with Crippen LogP contribution in [0.1, 0.15) is 32.6 Å². The van der Waals surface area contributed by atoms with E-state index in [1.807, 2.05) is 0 Å². The number of hydrogen-bond donors (Lipinski definition) is 2. The van der Waals surface area contributed by atoms with Gasteiger partial charge in [-0.05, 0) is 6.42 Å². The summed E-state index contributed by atoms with van der Waals surface area (Å²) < 4.78 is 0. The minimum atomic E-state index is 0.568. The Hall–Kier alpha value is -0.0800. The van der Waals surface area contributed by atoms with Gasteiger partial charge in [0.25, 0.3) is 0 Å². The second-order valence-corrected chi connectivity index (χ2v) is 2.03. The van der Waals surface area contributed by atoms with E-state index in [0.29, 0.717) is 6.17 Å². The van der Waals surface area contributed by atoms with Crippen LogP contribution in [0.15, 0.2) is 0 Å². The Morgan fingerprint density at radius 1 is 1.25 bits per heavy atom. The third kappa shape index (κ3) is 5.92. The van der Waals surface area contributed by atoms with Gasteiger partial charge in [0.1, 0.15) is 0 Å². The lowest BCUT2D eigenvalue weighted by molar-refractivity contribution is 0.660. The van der Waals surface area contributed by atoms with Crippen molar-refractivity contribution in [3.63, 3.8) is 0 Å². The van der Waals surface area contributed by atoms with Gasteiger partial charge in [0.15, 0.2) is 0 Å². The van der Waals surface area contributed by atoms with Gasteiger partial charge >= 0.3 is 0 Å². The molecule has 0 aromatic heterocycles. The lowest BCUT2D eigenvalue weighted by atomic mass is 10.2. The largest absolute Gasteiger partial charge is 0.311 e. The lowest BCUT2D eigenvalue weighted by Crippen LogP contribution is -2.19. The Morgan fingerprint density at radius 2 is 1.88 bits per heavy atom. The van der Waals surface area contributed by atoms with Gasteiger partial charge in [0.2, 0.25) is 0 Å². The Balaban J connectivity index is 2.72. The molecule has 0 amide bonds. The van der Waals surface area contributed by atoms with Crippen molar-refractivity contribution < 1.29 is 0 Å². The number of nitrogens with two attached hydrogens (primary N) is 2. The zero-order valence-electron chi connectivity index (χ0n) is 5.48. The van der Waals surface area contributed by atoms with Crippen molar-refractivity contribution in [1.82, 2.24) is 0 Å². The minimum Gasteiger partial charge on any atom is -0.311 e. The second kappa shape index (κ2) is 5.06. The quantitative estimate of drug-likeness (QED) is 0.536. The van der Waals surface area contributed by atoms with Crippen molar-refractivity contribution in [2.45, 2.75) is 32.6 Å². The molecular formula is C6H15N2. The van der Waals surface area contributed by atoms with E-state index in [1.165, 1.54) is 12.8 Å². The molecule has 0 aromatic rings. The molecule has 8 heavy (non-hydrogen) atoms. The molecule has 0 atom stereocenters. The molecule has 0 saturated heterocycles. The molecular weight excluding hydrogens is 100 g/mol. The zero-order chi connectivity index (χ0) is 6.41. The summed E-state index contributed by atoms with van der Waals surface area (Å²) in [7, 11) is 0. The summed E-state index contributed by atoms with van der Waals surface area (Å²) >= 11 is 0. The fourth-order valence-corrected chi connectivity index (χ4v) is 0.579. The summed E-state index contributed by atoms with van der Waals surface area (Å²) in [6.45, 7) is 2.16. The molecule has 4 N–H and O–H groups in total. The van der Waals surface area contributed by atoms with Gasteiger partial charge in [-0.15, -0.1) is 0 Å². The van der Waals surface area contributed by atoms with Crippen LogP contribution in [0.3, 0.4) is 0 Å². The standard InChI is InChI=1S/C6H15N2/c1-2-3-4-5-6(7)8/h2-5,7-8H2,1H3. The average Bonchev–Trinajstić information content (AvgIpc) is 1.66. The third-order valence-corrected chi connectivity index (χ3v) is 1.07. The van der Waals surface area contributed by atoms with E-state index in [1.54, 1.807) is 0 Å². The van der Waals surface area contributed by atoms with Crippen molar-refractivity contribution in [2.75, 3.05) is 0 Å². The number of hydrogen-bond acceptors (Lipinski definition) is 2. The van der Waals surface area contributed by atoms with Crippen molar-refractivity contribution >= 4 is 0 Å². The summed E-state index contributed by atoms with van der Waals surface area (Å²) in [5, 5.41) is 0. The predicted molar refractivity (Wildman–Crippen MR) is 35.8 cm³/mol. The first-order chi connectivity index (χ1) is 3.77. The molecule has 0 unspecified atom stereocenters. The average molecular weight is 115 g/mol. The molecule has 0 aliphatic heterocycles. The van der Waals surface area contributed by atoms with E-state index in [-0.39, 0.29) is 0 Å². The van der Waals surface area contributed by atoms with Crippen LogP contribution < -0.4 is 11.5 Å². The van der Waals surface area contributed by atoms with Crippen LogP contribution in [-0.2, 0) is 0 Å². The van der Waals surface area contributed by atoms with Crippen molar-refractivity contribution in [2.24, 2.45) is 11.5 Å². The van der Waals surface area contributed by atoms with Gasteiger partial charge < -0.3 is 11.5 Å². The molecule has 2 nitrogen and oxygen atoms in total. The van der Waals surface area contributed by atoms with Gasteiger partial charge in [-0.3, -0.25) is 0 Å². The maximum Gasteiger partial charge on any atom is 0.0955 e. The summed E-state index contributed by atoms with van der Waals surface area (Å²) in [6, 6.07) is 0. The summed E-state index contributed by atoms with van der Waals surface area (Å²) in [5.74, 6) is 0. The molecule has 0 bridgehead atoms. The Bertz CT molecular complexity index is 43.8.